The van der Waals surface area contributed by atoms with Crippen molar-refractivity contribution in [1.29, 1.82) is 0 Å². The third-order valence-corrected chi connectivity index (χ3v) is 12.6. The molecule has 0 nitrogen and oxygen atoms in total. The van der Waals surface area contributed by atoms with Gasteiger partial charge in [-0.15, -0.1) is 12.0 Å². The maximum absolute atomic E-state index is 6.26. The minimum absolute atomic E-state index is 1.01. The lowest BCUT2D eigenvalue weighted by molar-refractivity contribution is 0.690. The second kappa shape index (κ2) is 5.41. The van der Waals surface area contributed by atoms with Crippen LogP contribution in [0.4, 0.5) is 0 Å². The summed E-state index contributed by atoms with van der Waals surface area (Å²) in [7, 11) is -1.44. The van der Waals surface area contributed by atoms with Crippen LogP contribution in [0.15, 0.2) is 0 Å². The molecule has 0 heterocycles. The minimum atomic E-state index is -1.44. The summed E-state index contributed by atoms with van der Waals surface area (Å²) in [5.74, 6) is 0. The topological polar surface area (TPSA) is 0 Å². The average molecular weight is 260 g/mol. The van der Waals surface area contributed by atoms with Crippen molar-refractivity contribution in [3.8, 4) is 12.0 Å². The smallest absolute Gasteiger partial charge is 0.134 e. The van der Waals surface area contributed by atoms with Gasteiger partial charge in [-0.3, -0.25) is 0 Å². The van der Waals surface area contributed by atoms with Gasteiger partial charge in [0.2, 0.25) is 0 Å². The number of rotatable bonds is 3. The fraction of sp³-hybridized carbons (Fsp3) is 0.882. The van der Waals surface area contributed by atoms with Crippen molar-refractivity contribution in [3.63, 3.8) is 0 Å². The van der Waals surface area contributed by atoms with Crippen LogP contribution in [0.5, 0.6) is 0 Å². The Hall–Kier alpha value is -0.223. The molecular weight excluding hydrogens is 232 g/mol. The summed E-state index contributed by atoms with van der Waals surface area (Å²) in [6.45, 7) is 0. The van der Waals surface area contributed by atoms with E-state index in [-0.39, 0.29) is 0 Å². The molecule has 0 amide bonds. The zero-order valence-corrected chi connectivity index (χ0v) is 12.8. The Morgan fingerprint density at radius 1 is 0.611 bits per heavy atom. The summed E-state index contributed by atoms with van der Waals surface area (Å²) in [5, 5.41) is 0. The first kappa shape index (κ1) is 12.8. The first-order chi connectivity index (χ1) is 8.88. The zero-order valence-electron chi connectivity index (χ0n) is 11.8. The molecule has 0 atom stereocenters. The summed E-state index contributed by atoms with van der Waals surface area (Å²) in [5.41, 5.74) is 6.60. The molecule has 0 unspecified atom stereocenters. The molecule has 0 aromatic carbocycles. The Morgan fingerprint density at radius 3 is 1.11 bits per heavy atom. The van der Waals surface area contributed by atoms with E-state index < -0.39 is 8.07 Å². The van der Waals surface area contributed by atoms with Crippen LogP contribution in [0.1, 0.15) is 77.0 Å². The molecule has 0 aliphatic heterocycles. The highest BCUT2D eigenvalue weighted by Gasteiger charge is 2.53. The van der Waals surface area contributed by atoms with Crippen molar-refractivity contribution in [1.82, 2.24) is 0 Å². The number of hydrogen-bond acceptors (Lipinski definition) is 0. The van der Waals surface area contributed by atoms with Crippen molar-refractivity contribution in [2.75, 3.05) is 0 Å². The van der Waals surface area contributed by atoms with Crippen LogP contribution < -0.4 is 0 Å². The summed E-state index contributed by atoms with van der Waals surface area (Å²) in [6.07, 6.45) is 24.0. The molecule has 0 radical (unpaired) electrons. The van der Waals surface area contributed by atoms with Crippen LogP contribution in [-0.4, -0.2) is 8.07 Å². The fourth-order valence-corrected chi connectivity index (χ4v) is 12.4. The molecular formula is C17H28Si. The van der Waals surface area contributed by atoms with Gasteiger partial charge in [0.05, 0.1) is 0 Å². The molecule has 3 saturated carbocycles. The van der Waals surface area contributed by atoms with E-state index in [1.807, 2.05) is 0 Å². The second-order valence-electron chi connectivity index (χ2n) is 7.02. The van der Waals surface area contributed by atoms with E-state index in [1.165, 1.54) is 77.0 Å². The van der Waals surface area contributed by atoms with Gasteiger partial charge >= 0.3 is 0 Å². The largest absolute Gasteiger partial charge is 0.147 e. The SMILES string of the molecule is C#C[Si](C1CCCC1)(C1CCCC1)C1CCCC1. The Balaban J connectivity index is 1.90. The molecule has 3 fully saturated rings. The second-order valence-corrected chi connectivity index (χ2v) is 11.6. The normalized spacial score (nSPS) is 27.9. The van der Waals surface area contributed by atoms with E-state index in [0.29, 0.717) is 0 Å². The lowest BCUT2D eigenvalue weighted by Gasteiger charge is -2.42. The summed E-state index contributed by atoms with van der Waals surface area (Å²) in [6, 6.07) is 0. The summed E-state index contributed by atoms with van der Waals surface area (Å²) in [4.78, 5) is 0. The summed E-state index contributed by atoms with van der Waals surface area (Å²) >= 11 is 0. The first-order valence-corrected chi connectivity index (χ1v) is 10.6. The van der Waals surface area contributed by atoms with Gasteiger partial charge in [0.1, 0.15) is 8.07 Å². The van der Waals surface area contributed by atoms with E-state index >= 15 is 0 Å². The van der Waals surface area contributed by atoms with Crippen LogP contribution in [0.2, 0.25) is 16.6 Å². The highest BCUT2D eigenvalue weighted by atomic mass is 28.3. The maximum Gasteiger partial charge on any atom is 0.147 e. The van der Waals surface area contributed by atoms with Gasteiger partial charge in [0, 0.05) is 0 Å². The van der Waals surface area contributed by atoms with Crippen molar-refractivity contribution < 1.29 is 0 Å². The van der Waals surface area contributed by atoms with Crippen molar-refractivity contribution >= 4 is 8.07 Å². The van der Waals surface area contributed by atoms with E-state index in [9.17, 15) is 0 Å². The van der Waals surface area contributed by atoms with Gasteiger partial charge in [-0.05, 0) is 16.6 Å². The standard InChI is InChI=1S/C17H28Si/c1-2-18(15-9-3-4-10-15,16-11-5-6-12-16)17-13-7-8-14-17/h1,15-17H,3-14H2. The molecule has 0 saturated heterocycles. The predicted octanol–water partition coefficient (Wildman–Crippen LogP) is 5.44. The van der Waals surface area contributed by atoms with Crippen molar-refractivity contribution in [2.24, 2.45) is 0 Å². The lowest BCUT2D eigenvalue weighted by Crippen LogP contribution is -2.46. The van der Waals surface area contributed by atoms with Crippen LogP contribution in [0, 0.1) is 12.0 Å². The molecule has 100 valence electrons. The molecule has 0 aromatic heterocycles. The van der Waals surface area contributed by atoms with Gasteiger partial charge in [-0.2, -0.15) is 0 Å². The molecule has 3 aliphatic carbocycles. The lowest BCUT2D eigenvalue weighted by atomic mass is 10.3. The molecule has 0 N–H and O–H groups in total. The van der Waals surface area contributed by atoms with E-state index in [4.69, 9.17) is 6.42 Å². The van der Waals surface area contributed by atoms with Crippen LogP contribution in [0.25, 0.3) is 0 Å². The molecule has 1 heteroatoms. The first-order valence-electron chi connectivity index (χ1n) is 8.35. The minimum Gasteiger partial charge on any atom is -0.134 e. The Morgan fingerprint density at radius 2 is 0.889 bits per heavy atom. The van der Waals surface area contributed by atoms with Gasteiger partial charge in [-0.1, -0.05) is 77.0 Å². The molecule has 3 rings (SSSR count). The Kier molecular flexibility index (Phi) is 3.85. The predicted molar refractivity (Wildman–Crippen MR) is 81.2 cm³/mol. The van der Waals surface area contributed by atoms with E-state index in [0.717, 1.165) is 16.6 Å². The average Bonchev–Trinajstić information content (AvgIpc) is 3.16. The van der Waals surface area contributed by atoms with Crippen LogP contribution in [0.3, 0.4) is 0 Å². The number of terminal acetylenes is 1. The van der Waals surface area contributed by atoms with Gasteiger partial charge in [0.25, 0.3) is 0 Å². The third-order valence-electron chi connectivity index (χ3n) is 6.34. The monoisotopic (exact) mass is 260 g/mol. The van der Waals surface area contributed by atoms with Crippen LogP contribution in [-0.2, 0) is 0 Å². The van der Waals surface area contributed by atoms with Gasteiger partial charge in [-0.25, -0.2) is 0 Å². The highest BCUT2D eigenvalue weighted by molar-refractivity contribution is 6.91. The fourth-order valence-electron chi connectivity index (χ4n) is 5.56. The van der Waals surface area contributed by atoms with E-state index in [2.05, 4.69) is 5.54 Å². The Bertz CT molecular complexity index is 268. The van der Waals surface area contributed by atoms with Crippen molar-refractivity contribution in [3.05, 3.63) is 0 Å². The van der Waals surface area contributed by atoms with Gasteiger partial charge in [0.15, 0.2) is 0 Å². The summed E-state index contributed by atoms with van der Waals surface area (Å²) < 4.78 is 0. The highest BCUT2D eigenvalue weighted by Crippen LogP contribution is 2.58. The van der Waals surface area contributed by atoms with Gasteiger partial charge < -0.3 is 0 Å². The molecule has 18 heavy (non-hydrogen) atoms. The maximum atomic E-state index is 6.26. The quantitative estimate of drug-likeness (QED) is 0.468. The molecule has 0 spiro atoms. The van der Waals surface area contributed by atoms with Crippen molar-refractivity contribution in [2.45, 2.75) is 93.7 Å². The van der Waals surface area contributed by atoms with E-state index in [1.54, 1.807) is 0 Å². The molecule has 3 aliphatic rings. The Labute approximate surface area is 114 Å². The number of hydrogen-bond donors (Lipinski definition) is 0. The zero-order chi connectivity index (χ0) is 12.4. The molecule has 0 aromatic rings. The molecule has 0 bridgehead atoms. The van der Waals surface area contributed by atoms with Crippen LogP contribution >= 0.6 is 0 Å². The third kappa shape index (κ3) is 1.97.